The summed E-state index contributed by atoms with van der Waals surface area (Å²) in [6, 6.07) is 6.82. The van der Waals surface area contributed by atoms with Gasteiger partial charge in [0.15, 0.2) is 0 Å². The van der Waals surface area contributed by atoms with E-state index in [9.17, 15) is 14.3 Å². The number of aliphatic hydroxyl groups is 1. The van der Waals surface area contributed by atoms with Gasteiger partial charge in [0.2, 0.25) is 6.17 Å². The minimum absolute atomic E-state index is 0.125. The third-order valence-electron chi connectivity index (χ3n) is 2.90. The van der Waals surface area contributed by atoms with E-state index >= 15 is 0 Å². The smallest absolute Gasteiger partial charge is 0.341 e. The number of aliphatic carboxylic acids is 1. The molecule has 15 heavy (non-hydrogen) atoms. The molecule has 0 saturated heterocycles. The van der Waals surface area contributed by atoms with Gasteiger partial charge in [0.1, 0.15) is 5.60 Å². The highest BCUT2D eigenvalue weighted by Gasteiger charge is 2.47. The molecule has 0 aromatic heterocycles. The first kappa shape index (κ1) is 10.1. The molecule has 3 nitrogen and oxygen atoms in total. The van der Waals surface area contributed by atoms with Gasteiger partial charge in [-0.15, -0.1) is 0 Å². The Labute approximate surface area is 86.2 Å². The van der Waals surface area contributed by atoms with Crippen LogP contribution < -0.4 is 0 Å². The standard InChI is InChI=1S/C11H11FO3/c12-9(10(13)14)11(15)6-5-7-3-1-2-4-8(7)11/h1-4,9,15H,5-6H2,(H,13,14). The second kappa shape index (κ2) is 3.31. The molecule has 2 atom stereocenters. The summed E-state index contributed by atoms with van der Waals surface area (Å²) in [4.78, 5) is 10.6. The number of carbonyl (C=O) groups is 1. The average Bonchev–Trinajstić information content (AvgIpc) is 2.57. The molecule has 1 aliphatic rings. The number of alkyl halides is 1. The van der Waals surface area contributed by atoms with Crippen molar-refractivity contribution in [3.63, 3.8) is 0 Å². The highest BCUT2D eigenvalue weighted by molar-refractivity contribution is 5.74. The van der Waals surface area contributed by atoms with Crippen LogP contribution in [-0.2, 0) is 16.8 Å². The fourth-order valence-corrected chi connectivity index (χ4v) is 2.09. The van der Waals surface area contributed by atoms with Crippen LogP contribution in [0.4, 0.5) is 4.39 Å². The van der Waals surface area contributed by atoms with Crippen molar-refractivity contribution in [3.05, 3.63) is 35.4 Å². The lowest BCUT2D eigenvalue weighted by atomic mass is 9.91. The minimum atomic E-state index is -2.26. The van der Waals surface area contributed by atoms with E-state index in [1.54, 1.807) is 24.3 Å². The molecule has 0 spiro atoms. The third-order valence-corrected chi connectivity index (χ3v) is 2.90. The van der Waals surface area contributed by atoms with E-state index in [2.05, 4.69) is 0 Å². The van der Waals surface area contributed by atoms with E-state index in [1.807, 2.05) is 0 Å². The number of benzene rings is 1. The monoisotopic (exact) mass is 210 g/mol. The molecule has 1 aromatic rings. The summed E-state index contributed by atoms with van der Waals surface area (Å²) in [5, 5.41) is 18.6. The summed E-state index contributed by atoms with van der Waals surface area (Å²) in [7, 11) is 0. The van der Waals surface area contributed by atoms with Gasteiger partial charge in [-0.3, -0.25) is 0 Å². The highest BCUT2D eigenvalue weighted by atomic mass is 19.1. The van der Waals surface area contributed by atoms with Gasteiger partial charge in [0, 0.05) is 0 Å². The van der Waals surface area contributed by atoms with Crippen LogP contribution in [0.1, 0.15) is 17.5 Å². The Kier molecular flexibility index (Phi) is 2.23. The molecule has 0 bridgehead atoms. The molecule has 0 amide bonds. The van der Waals surface area contributed by atoms with Crippen molar-refractivity contribution in [1.82, 2.24) is 0 Å². The van der Waals surface area contributed by atoms with E-state index < -0.39 is 17.7 Å². The number of hydrogen-bond donors (Lipinski definition) is 2. The first-order valence-electron chi connectivity index (χ1n) is 4.73. The lowest BCUT2D eigenvalue weighted by Gasteiger charge is -2.25. The van der Waals surface area contributed by atoms with Crippen molar-refractivity contribution in [2.45, 2.75) is 24.6 Å². The van der Waals surface area contributed by atoms with E-state index in [1.165, 1.54) is 0 Å². The van der Waals surface area contributed by atoms with Crippen molar-refractivity contribution in [1.29, 1.82) is 0 Å². The lowest BCUT2D eigenvalue weighted by Crippen LogP contribution is -2.39. The Morgan fingerprint density at radius 1 is 1.47 bits per heavy atom. The van der Waals surface area contributed by atoms with Gasteiger partial charge < -0.3 is 10.2 Å². The largest absolute Gasteiger partial charge is 0.479 e. The van der Waals surface area contributed by atoms with Crippen molar-refractivity contribution < 1.29 is 19.4 Å². The van der Waals surface area contributed by atoms with Gasteiger partial charge >= 0.3 is 5.97 Å². The number of rotatable bonds is 2. The molecule has 2 unspecified atom stereocenters. The zero-order chi connectivity index (χ0) is 11.1. The minimum Gasteiger partial charge on any atom is -0.479 e. The summed E-state index contributed by atoms with van der Waals surface area (Å²) in [6.07, 6.45) is -1.62. The molecule has 0 radical (unpaired) electrons. The maximum atomic E-state index is 13.4. The fourth-order valence-electron chi connectivity index (χ4n) is 2.09. The normalized spacial score (nSPS) is 26.0. The van der Waals surface area contributed by atoms with Crippen molar-refractivity contribution in [2.24, 2.45) is 0 Å². The van der Waals surface area contributed by atoms with Crippen molar-refractivity contribution in [2.75, 3.05) is 0 Å². The van der Waals surface area contributed by atoms with E-state index in [0.717, 1.165) is 5.56 Å². The summed E-state index contributed by atoms with van der Waals surface area (Å²) < 4.78 is 13.4. The number of carboxylic acid groups (broad SMARTS) is 1. The summed E-state index contributed by atoms with van der Waals surface area (Å²) >= 11 is 0. The summed E-state index contributed by atoms with van der Waals surface area (Å²) in [5.41, 5.74) is -0.633. The molecule has 2 N–H and O–H groups in total. The number of hydrogen-bond acceptors (Lipinski definition) is 2. The SMILES string of the molecule is O=C(O)C(F)C1(O)CCc2ccccc21. The second-order valence-corrected chi connectivity index (χ2v) is 3.78. The predicted molar refractivity (Wildman–Crippen MR) is 51.2 cm³/mol. The van der Waals surface area contributed by atoms with Crippen LogP contribution in [0.3, 0.4) is 0 Å². The molecule has 80 valence electrons. The van der Waals surface area contributed by atoms with Crippen LogP contribution in [0.5, 0.6) is 0 Å². The molecular formula is C11H11FO3. The Hall–Kier alpha value is -1.42. The van der Waals surface area contributed by atoms with Crippen molar-refractivity contribution >= 4 is 5.97 Å². The first-order valence-corrected chi connectivity index (χ1v) is 4.73. The average molecular weight is 210 g/mol. The molecule has 1 aromatic carbocycles. The summed E-state index contributed by atoms with van der Waals surface area (Å²) in [5.74, 6) is -1.62. The fraction of sp³-hybridized carbons (Fsp3) is 0.364. The Morgan fingerprint density at radius 2 is 2.13 bits per heavy atom. The lowest BCUT2D eigenvalue weighted by molar-refractivity contribution is -0.155. The number of fused-ring (bicyclic) bond motifs is 1. The maximum absolute atomic E-state index is 13.4. The maximum Gasteiger partial charge on any atom is 0.341 e. The van der Waals surface area contributed by atoms with Crippen LogP contribution >= 0.6 is 0 Å². The van der Waals surface area contributed by atoms with Crippen LogP contribution in [-0.4, -0.2) is 22.4 Å². The summed E-state index contributed by atoms with van der Waals surface area (Å²) in [6.45, 7) is 0. The van der Waals surface area contributed by atoms with Gasteiger partial charge in [-0.25, -0.2) is 9.18 Å². The molecule has 0 saturated carbocycles. The van der Waals surface area contributed by atoms with Crippen LogP contribution in [0.2, 0.25) is 0 Å². The first-order chi connectivity index (χ1) is 7.05. The highest BCUT2D eigenvalue weighted by Crippen LogP contribution is 2.40. The Bertz CT molecular complexity index is 405. The van der Waals surface area contributed by atoms with E-state index in [4.69, 9.17) is 5.11 Å². The Morgan fingerprint density at radius 3 is 2.80 bits per heavy atom. The van der Waals surface area contributed by atoms with Gasteiger partial charge in [0.25, 0.3) is 0 Å². The number of halogens is 1. The molecule has 0 fully saturated rings. The van der Waals surface area contributed by atoms with Gasteiger partial charge in [-0.05, 0) is 24.0 Å². The van der Waals surface area contributed by atoms with Crippen LogP contribution in [0, 0.1) is 0 Å². The molecule has 1 aliphatic carbocycles. The zero-order valence-electron chi connectivity index (χ0n) is 7.98. The number of carboxylic acids is 1. The zero-order valence-corrected chi connectivity index (χ0v) is 7.98. The van der Waals surface area contributed by atoms with E-state index in [-0.39, 0.29) is 6.42 Å². The second-order valence-electron chi connectivity index (χ2n) is 3.78. The topological polar surface area (TPSA) is 57.5 Å². The number of aryl methyl sites for hydroxylation is 1. The van der Waals surface area contributed by atoms with Gasteiger partial charge in [0.05, 0.1) is 0 Å². The quantitative estimate of drug-likeness (QED) is 0.772. The van der Waals surface area contributed by atoms with Gasteiger partial charge in [-0.2, -0.15) is 0 Å². The van der Waals surface area contributed by atoms with E-state index in [0.29, 0.717) is 12.0 Å². The van der Waals surface area contributed by atoms with Crippen LogP contribution in [0.15, 0.2) is 24.3 Å². The molecular weight excluding hydrogens is 199 g/mol. The van der Waals surface area contributed by atoms with Crippen molar-refractivity contribution in [3.8, 4) is 0 Å². The molecule has 4 heteroatoms. The van der Waals surface area contributed by atoms with Gasteiger partial charge in [-0.1, -0.05) is 24.3 Å². The van der Waals surface area contributed by atoms with Crippen LogP contribution in [0.25, 0.3) is 0 Å². The predicted octanol–water partition coefficient (Wildman–Crippen LogP) is 1.24. The molecule has 2 rings (SSSR count). The molecule has 0 heterocycles. The molecule has 0 aliphatic heterocycles. The third kappa shape index (κ3) is 1.41. The Balaban J connectivity index is 2.44.